The van der Waals surface area contributed by atoms with E-state index in [1.54, 1.807) is 18.3 Å². The molecule has 3 heteroatoms. The van der Waals surface area contributed by atoms with Gasteiger partial charge < -0.3 is 9.58 Å². The molecule has 0 radical (unpaired) electrons. The van der Waals surface area contributed by atoms with E-state index in [9.17, 15) is 0 Å². The van der Waals surface area contributed by atoms with Crippen molar-refractivity contribution in [3.8, 4) is 5.75 Å². The Morgan fingerprint density at radius 3 is 3.15 bits per heavy atom. The van der Waals surface area contributed by atoms with Gasteiger partial charge in [-0.3, -0.25) is 0 Å². The van der Waals surface area contributed by atoms with Crippen molar-refractivity contribution in [2.45, 2.75) is 12.8 Å². The summed E-state index contributed by atoms with van der Waals surface area (Å²) in [6.07, 6.45) is 4.12. The van der Waals surface area contributed by atoms with Crippen molar-refractivity contribution in [3.05, 3.63) is 29.7 Å². The van der Waals surface area contributed by atoms with E-state index in [1.807, 2.05) is 0 Å². The molecule has 1 aromatic heterocycles. The number of aromatic nitrogens is 1. The van der Waals surface area contributed by atoms with E-state index in [0.29, 0.717) is 17.5 Å². The van der Waals surface area contributed by atoms with Crippen LogP contribution in [0.2, 0.25) is 0 Å². The summed E-state index contributed by atoms with van der Waals surface area (Å²) in [6.45, 7) is 7.60. The highest BCUT2D eigenvalue weighted by Crippen LogP contribution is 2.31. The average Bonchev–Trinajstić information content (AvgIpc) is 2.99. The van der Waals surface area contributed by atoms with Gasteiger partial charge in [0.05, 0.1) is 6.61 Å². The predicted molar refractivity (Wildman–Crippen MR) is 48.7 cm³/mol. The fourth-order valence-corrected chi connectivity index (χ4v) is 1.07. The third kappa shape index (κ3) is 1.97. The highest BCUT2D eigenvalue weighted by Gasteiger charge is 2.22. The normalized spacial score (nSPS) is 15.0. The zero-order valence-corrected chi connectivity index (χ0v) is 7.23. The molecule has 0 atom stereocenters. The van der Waals surface area contributed by atoms with Gasteiger partial charge in [-0.25, -0.2) is 0 Å². The molecule has 1 aliphatic carbocycles. The molecule has 0 saturated heterocycles. The highest BCUT2D eigenvalue weighted by atomic mass is 16.5. The van der Waals surface area contributed by atoms with Crippen molar-refractivity contribution in [1.82, 2.24) is 4.98 Å². The van der Waals surface area contributed by atoms with E-state index in [1.165, 1.54) is 12.8 Å². The maximum atomic E-state index is 6.87. The van der Waals surface area contributed by atoms with Crippen LogP contribution in [0.15, 0.2) is 18.3 Å². The van der Waals surface area contributed by atoms with Crippen LogP contribution in [-0.4, -0.2) is 11.6 Å². The molecule has 0 N–H and O–H groups in total. The molecular formula is C10H10N2O. The number of rotatable bonds is 3. The number of hydrogen-bond acceptors (Lipinski definition) is 2. The second-order valence-corrected chi connectivity index (χ2v) is 3.19. The van der Waals surface area contributed by atoms with Gasteiger partial charge in [0.15, 0.2) is 0 Å². The number of ether oxygens (including phenoxy) is 1. The summed E-state index contributed by atoms with van der Waals surface area (Å²) in [5, 5.41) is 0. The molecule has 0 bridgehead atoms. The number of hydrogen-bond donors (Lipinski definition) is 0. The SMILES string of the molecule is [C-]#[N+]c1ncccc1OCC1CC1. The zero-order valence-electron chi connectivity index (χ0n) is 7.23. The van der Waals surface area contributed by atoms with Gasteiger partial charge in [-0.1, -0.05) is 6.57 Å². The molecule has 1 aromatic rings. The quantitative estimate of drug-likeness (QED) is 0.658. The van der Waals surface area contributed by atoms with E-state index in [-0.39, 0.29) is 0 Å². The van der Waals surface area contributed by atoms with E-state index in [0.717, 1.165) is 6.61 Å². The minimum Gasteiger partial charge on any atom is -0.503 e. The van der Waals surface area contributed by atoms with Gasteiger partial charge in [-0.2, -0.15) is 0 Å². The van der Waals surface area contributed by atoms with E-state index >= 15 is 0 Å². The first kappa shape index (κ1) is 8.06. The molecule has 0 amide bonds. The van der Waals surface area contributed by atoms with Crippen molar-refractivity contribution >= 4 is 5.82 Å². The predicted octanol–water partition coefficient (Wildman–Crippen LogP) is 2.42. The summed E-state index contributed by atoms with van der Waals surface area (Å²) in [5.74, 6) is 1.69. The first-order chi connectivity index (χ1) is 6.40. The number of nitrogens with zero attached hydrogens (tertiary/aromatic N) is 2. The Balaban J connectivity index is 2.05. The maximum absolute atomic E-state index is 6.87. The van der Waals surface area contributed by atoms with Crippen LogP contribution in [0.1, 0.15) is 12.8 Å². The number of pyridine rings is 1. The molecular weight excluding hydrogens is 164 g/mol. The molecule has 0 aromatic carbocycles. The summed E-state index contributed by atoms with van der Waals surface area (Å²) >= 11 is 0. The first-order valence-corrected chi connectivity index (χ1v) is 4.35. The molecule has 1 fully saturated rings. The van der Waals surface area contributed by atoms with Crippen LogP contribution in [-0.2, 0) is 0 Å². The van der Waals surface area contributed by atoms with Crippen molar-refractivity contribution in [2.24, 2.45) is 5.92 Å². The van der Waals surface area contributed by atoms with Crippen molar-refractivity contribution in [1.29, 1.82) is 0 Å². The molecule has 1 saturated carbocycles. The Labute approximate surface area is 77.2 Å². The molecule has 1 heterocycles. The summed E-state index contributed by atoms with van der Waals surface area (Å²) in [5.41, 5.74) is 0. The molecule has 13 heavy (non-hydrogen) atoms. The van der Waals surface area contributed by atoms with Crippen molar-refractivity contribution in [2.75, 3.05) is 6.61 Å². The van der Waals surface area contributed by atoms with Gasteiger partial charge in [-0.05, 0) is 30.9 Å². The molecule has 0 aliphatic heterocycles. The van der Waals surface area contributed by atoms with Crippen LogP contribution in [0.5, 0.6) is 5.75 Å². The van der Waals surface area contributed by atoms with Gasteiger partial charge in [0, 0.05) is 0 Å². The third-order valence-electron chi connectivity index (χ3n) is 2.03. The van der Waals surface area contributed by atoms with E-state index in [4.69, 9.17) is 11.3 Å². The fourth-order valence-electron chi connectivity index (χ4n) is 1.07. The molecule has 2 rings (SSSR count). The minimum atomic E-state index is 0.364. The van der Waals surface area contributed by atoms with Gasteiger partial charge in [0.1, 0.15) is 11.9 Å². The molecule has 3 nitrogen and oxygen atoms in total. The Hall–Kier alpha value is -1.56. The Bertz CT molecular complexity index is 339. The molecule has 0 spiro atoms. The van der Waals surface area contributed by atoms with Gasteiger partial charge in [0.2, 0.25) is 0 Å². The van der Waals surface area contributed by atoms with Crippen LogP contribution in [0.4, 0.5) is 5.82 Å². The topological polar surface area (TPSA) is 26.5 Å². The van der Waals surface area contributed by atoms with Crippen LogP contribution in [0.3, 0.4) is 0 Å². The monoisotopic (exact) mass is 174 g/mol. The summed E-state index contributed by atoms with van der Waals surface area (Å²) in [6, 6.07) is 3.58. The fraction of sp³-hybridized carbons (Fsp3) is 0.400. The second-order valence-electron chi connectivity index (χ2n) is 3.19. The Kier molecular flexibility index (Phi) is 2.13. The van der Waals surface area contributed by atoms with Gasteiger partial charge in [0.25, 0.3) is 0 Å². The summed E-state index contributed by atoms with van der Waals surface area (Å²) in [7, 11) is 0. The minimum absolute atomic E-state index is 0.364. The van der Waals surface area contributed by atoms with Gasteiger partial charge >= 0.3 is 5.82 Å². The lowest BCUT2D eigenvalue weighted by Crippen LogP contribution is -1.99. The van der Waals surface area contributed by atoms with Gasteiger partial charge in [-0.15, -0.1) is 4.98 Å². The smallest absolute Gasteiger partial charge is 0.311 e. The molecule has 66 valence electrons. The van der Waals surface area contributed by atoms with Crippen LogP contribution in [0.25, 0.3) is 4.85 Å². The van der Waals surface area contributed by atoms with Crippen molar-refractivity contribution in [3.63, 3.8) is 0 Å². The highest BCUT2D eigenvalue weighted by molar-refractivity contribution is 5.50. The maximum Gasteiger partial charge on any atom is 0.311 e. The molecule has 1 aliphatic rings. The summed E-state index contributed by atoms with van der Waals surface area (Å²) in [4.78, 5) is 7.20. The van der Waals surface area contributed by atoms with Crippen LogP contribution < -0.4 is 4.74 Å². The molecule has 0 unspecified atom stereocenters. The standard InChI is InChI=1S/C10H10N2O/c1-11-10-9(3-2-6-12-10)13-7-8-4-5-8/h2-3,6,8H,4-5,7H2. The lowest BCUT2D eigenvalue weighted by Gasteiger charge is -2.04. The average molecular weight is 174 g/mol. The zero-order chi connectivity index (χ0) is 9.10. The van der Waals surface area contributed by atoms with E-state index < -0.39 is 0 Å². The van der Waals surface area contributed by atoms with Crippen LogP contribution >= 0.6 is 0 Å². The van der Waals surface area contributed by atoms with Crippen LogP contribution in [0, 0.1) is 12.5 Å². The first-order valence-electron chi connectivity index (χ1n) is 4.35. The lowest BCUT2D eigenvalue weighted by molar-refractivity contribution is 0.301. The third-order valence-corrected chi connectivity index (χ3v) is 2.03. The Morgan fingerprint density at radius 1 is 1.62 bits per heavy atom. The largest absolute Gasteiger partial charge is 0.503 e. The lowest BCUT2D eigenvalue weighted by atomic mass is 10.4. The van der Waals surface area contributed by atoms with Crippen molar-refractivity contribution < 1.29 is 4.74 Å². The van der Waals surface area contributed by atoms with E-state index in [2.05, 4.69) is 9.83 Å². The Morgan fingerprint density at radius 2 is 2.46 bits per heavy atom. The summed E-state index contributed by atoms with van der Waals surface area (Å²) < 4.78 is 5.48. The second kappa shape index (κ2) is 3.44.